The monoisotopic (exact) mass is 368 g/mol. The zero-order chi connectivity index (χ0) is 18.7. The summed E-state index contributed by atoms with van der Waals surface area (Å²) in [5.74, 6) is 0.288. The molecule has 0 aromatic rings. The van der Waals surface area contributed by atoms with Gasteiger partial charge >= 0.3 is 0 Å². The van der Waals surface area contributed by atoms with E-state index in [0.717, 1.165) is 38.5 Å². The number of aliphatic hydroxyl groups excluding tert-OH is 1. The zero-order valence-electron chi connectivity index (χ0n) is 15.9. The minimum absolute atomic E-state index is 0.0505. The summed E-state index contributed by atoms with van der Waals surface area (Å²) in [5, 5.41) is 10.2. The van der Waals surface area contributed by atoms with E-state index in [1.165, 1.54) is 0 Å². The number of β-amino-alcohol motifs (C(OH)–C–C–N with tert-alkyl or cyclic N) is 1. The van der Waals surface area contributed by atoms with Crippen molar-refractivity contribution >= 4 is 11.8 Å². The molecule has 0 spiro atoms. The number of ether oxygens (including phenoxy) is 2. The van der Waals surface area contributed by atoms with Crippen LogP contribution in [0.5, 0.6) is 0 Å². The predicted molar refractivity (Wildman–Crippen MR) is 95.5 cm³/mol. The molecule has 26 heavy (non-hydrogen) atoms. The van der Waals surface area contributed by atoms with Gasteiger partial charge in [-0.3, -0.25) is 9.59 Å². The SMILES string of the molecule is CN(C)C(=O)C[C@@H]1CC[C@@H]2[C@H](COC[C@@H](O)CN2C(=O)C2CCCC2)O1. The third-order valence-corrected chi connectivity index (χ3v) is 5.87. The number of aliphatic hydroxyl groups is 1. The van der Waals surface area contributed by atoms with Crippen LogP contribution in [0.1, 0.15) is 44.9 Å². The second kappa shape index (κ2) is 8.67. The summed E-state index contributed by atoms with van der Waals surface area (Å²) in [5.41, 5.74) is 0. The van der Waals surface area contributed by atoms with Gasteiger partial charge in [-0.05, 0) is 25.7 Å². The minimum Gasteiger partial charge on any atom is -0.389 e. The first-order valence-corrected chi connectivity index (χ1v) is 9.87. The van der Waals surface area contributed by atoms with Crippen molar-refractivity contribution in [3.05, 3.63) is 0 Å². The van der Waals surface area contributed by atoms with Gasteiger partial charge in [-0.15, -0.1) is 0 Å². The van der Waals surface area contributed by atoms with E-state index in [4.69, 9.17) is 9.47 Å². The maximum Gasteiger partial charge on any atom is 0.226 e. The minimum atomic E-state index is -0.658. The smallest absolute Gasteiger partial charge is 0.226 e. The van der Waals surface area contributed by atoms with Crippen molar-refractivity contribution < 1.29 is 24.2 Å². The Balaban J connectivity index is 1.69. The van der Waals surface area contributed by atoms with Crippen LogP contribution in [-0.4, -0.2) is 84.9 Å². The lowest BCUT2D eigenvalue weighted by Gasteiger charge is -2.45. The summed E-state index contributed by atoms with van der Waals surface area (Å²) in [6.45, 7) is 0.867. The van der Waals surface area contributed by atoms with E-state index in [1.54, 1.807) is 19.0 Å². The van der Waals surface area contributed by atoms with Crippen molar-refractivity contribution in [2.75, 3.05) is 33.9 Å². The molecule has 2 aliphatic heterocycles. The molecule has 2 saturated heterocycles. The number of amides is 2. The summed E-state index contributed by atoms with van der Waals surface area (Å²) < 4.78 is 11.8. The lowest BCUT2D eigenvalue weighted by Crippen LogP contribution is -2.58. The van der Waals surface area contributed by atoms with Gasteiger partial charge < -0.3 is 24.4 Å². The van der Waals surface area contributed by atoms with Gasteiger partial charge in [0.1, 0.15) is 6.10 Å². The van der Waals surface area contributed by atoms with Crippen LogP contribution in [0.3, 0.4) is 0 Å². The van der Waals surface area contributed by atoms with Crippen molar-refractivity contribution in [2.24, 2.45) is 5.92 Å². The maximum atomic E-state index is 13.1. The fraction of sp³-hybridized carbons (Fsp3) is 0.895. The lowest BCUT2D eigenvalue weighted by atomic mass is 9.93. The average Bonchev–Trinajstić information content (AvgIpc) is 3.12. The number of hydrogen-bond acceptors (Lipinski definition) is 5. The molecule has 2 heterocycles. The molecule has 7 nitrogen and oxygen atoms in total. The molecule has 1 N–H and O–H groups in total. The number of nitrogens with zero attached hydrogens (tertiary/aromatic N) is 2. The summed E-state index contributed by atoms with van der Waals surface area (Å²) in [7, 11) is 3.49. The Morgan fingerprint density at radius 1 is 1.12 bits per heavy atom. The normalized spacial score (nSPS) is 33.3. The molecule has 7 heteroatoms. The Hall–Kier alpha value is -1.18. The molecule has 3 aliphatic rings. The van der Waals surface area contributed by atoms with Gasteiger partial charge in [-0.25, -0.2) is 0 Å². The van der Waals surface area contributed by atoms with Crippen LogP contribution >= 0.6 is 0 Å². The Labute approximate surface area is 155 Å². The first kappa shape index (κ1) is 19.6. The van der Waals surface area contributed by atoms with E-state index in [0.29, 0.717) is 19.6 Å². The molecule has 2 amide bonds. The molecule has 0 bridgehead atoms. The Morgan fingerprint density at radius 3 is 2.54 bits per heavy atom. The summed E-state index contributed by atoms with van der Waals surface area (Å²) in [6.07, 6.45) is 4.95. The number of hydrogen-bond donors (Lipinski definition) is 1. The molecule has 0 aromatic heterocycles. The molecule has 1 aliphatic carbocycles. The standard InChI is InChI=1S/C19H32N2O5/c1-20(2)18(23)9-15-7-8-16-17(26-15)12-25-11-14(22)10-21(16)19(24)13-5-3-4-6-13/h13-17,22H,3-12H2,1-2H3/t14-,15-,16+,17-/m0/s1. The molecule has 148 valence electrons. The largest absolute Gasteiger partial charge is 0.389 e. The molecule has 3 fully saturated rings. The van der Waals surface area contributed by atoms with Crippen molar-refractivity contribution in [2.45, 2.75) is 69.3 Å². The quantitative estimate of drug-likeness (QED) is 0.797. The summed E-state index contributed by atoms with van der Waals surface area (Å²) in [4.78, 5) is 28.5. The van der Waals surface area contributed by atoms with E-state index in [-0.39, 0.29) is 42.6 Å². The van der Waals surface area contributed by atoms with Crippen molar-refractivity contribution in [3.8, 4) is 0 Å². The lowest BCUT2D eigenvalue weighted by molar-refractivity contribution is -0.172. The highest BCUT2D eigenvalue weighted by molar-refractivity contribution is 5.79. The molecule has 0 radical (unpaired) electrons. The number of carbonyl (C=O) groups excluding carboxylic acids is 2. The van der Waals surface area contributed by atoms with E-state index in [2.05, 4.69) is 0 Å². The van der Waals surface area contributed by atoms with Crippen LogP contribution in [0.2, 0.25) is 0 Å². The van der Waals surface area contributed by atoms with Crippen LogP contribution in [-0.2, 0) is 19.1 Å². The van der Waals surface area contributed by atoms with Crippen LogP contribution in [0.15, 0.2) is 0 Å². The van der Waals surface area contributed by atoms with Gasteiger partial charge in [0.15, 0.2) is 0 Å². The zero-order valence-corrected chi connectivity index (χ0v) is 15.9. The second-order valence-corrected chi connectivity index (χ2v) is 8.10. The Kier molecular flexibility index (Phi) is 6.53. The number of fused-ring (bicyclic) bond motifs is 1. The molecular formula is C19H32N2O5. The maximum absolute atomic E-state index is 13.1. The summed E-state index contributed by atoms with van der Waals surface area (Å²) >= 11 is 0. The third kappa shape index (κ3) is 4.56. The van der Waals surface area contributed by atoms with Gasteiger partial charge in [0, 0.05) is 26.6 Å². The first-order chi connectivity index (χ1) is 12.5. The first-order valence-electron chi connectivity index (χ1n) is 9.87. The van der Waals surface area contributed by atoms with Gasteiger partial charge in [0.25, 0.3) is 0 Å². The Morgan fingerprint density at radius 2 is 1.85 bits per heavy atom. The predicted octanol–water partition coefficient (Wildman–Crippen LogP) is 0.791. The highest BCUT2D eigenvalue weighted by Gasteiger charge is 2.41. The van der Waals surface area contributed by atoms with Crippen LogP contribution in [0.4, 0.5) is 0 Å². The Bertz CT molecular complexity index is 506. The molecule has 0 aromatic carbocycles. The molecule has 1 saturated carbocycles. The number of rotatable bonds is 3. The van der Waals surface area contributed by atoms with E-state index in [9.17, 15) is 14.7 Å². The molecular weight excluding hydrogens is 336 g/mol. The fourth-order valence-electron chi connectivity index (χ4n) is 4.38. The number of carbonyl (C=O) groups is 2. The van der Waals surface area contributed by atoms with Crippen molar-refractivity contribution in [3.63, 3.8) is 0 Å². The third-order valence-electron chi connectivity index (χ3n) is 5.87. The average molecular weight is 368 g/mol. The highest BCUT2D eigenvalue weighted by Crippen LogP contribution is 2.32. The van der Waals surface area contributed by atoms with Crippen molar-refractivity contribution in [1.29, 1.82) is 0 Å². The topological polar surface area (TPSA) is 79.3 Å². The molecule has 4 atom stereocenters. The van der Waals surface area contributed by atoms with Gasteiger partial charge in [-0.2, -0.15) is 0 Å². The van der Waals surface area contributed by atoms with E-state index >= 15 is 0 Å². The molecule has 3 rings (SSSR count). The van der Waals surface area contributed by atoms with Gasteiger partial charge in [0.2, 0.25) is 11.8 Å². The van der Waals surface area contributed by atoms with E-state index in [1.807, 2.05) is 4.90 Å². The van der Waals surface area contributed by atoms with Crippen LogP contribution in [0.25, 0.3) is 0 Å². The van der Waals surface area contributed by atoms with Gasteiger partial charge in [-0.1, -0.05) is 12.8 Å². The van der Waals surface area contributed by atoms with Crippen molar-refractivity contribution in [1.82, 2.24) is 9.80 Å². The second-order valence-electron chi connectivity index (χ2n) is 8.10. The summed E-state index contributed by atoms with van der Waals surface area (Å²) in [6, 6.07) is -0.0799. The fourth-order valence-corrected chi connectivity index (χ4v) is 4.38. The van der Waals surface area contributed by atoms with Gasteiger partial charge in [0.05, 0.1) is 37.9 Å². The van der Waals surface area contributed by atoms with Crippen LogP contribution < -0.4 is 0 Å². The molecule has 0 unspecified atom stereocenters. The van der Waals surface area contributed by atoms with Crippen LogP contribution in [0, 0.1) is 5.92 Å². The highest BCUT2D eigenvalue weighted by atomic mass is 16.5. The van der Waals surface area contributed by atoms with E-state index < -0.39 is 6.10 Å².